The highest BCUT2D eigenvalue weighted by Gasteiger charge is 2.14. The molecule has 0 spiro atoms. The van der Waals surface area contributed by atoms with Gasteiger partial charge in [0.15, 0.2) is 11.4 Å². The van der Waals surface area contributed by atoms with E-state index in [0.29, 0.717) is 36.3 Å². The number of aliphatic imine (C=N–C) groups is 1. The number of hydrogen-bond donors (Lipinski definition) is 2. The number of ether oxygens (including phenoxy) is 1. The number of thioether (sulfide) groups is 1. The molecule has 2 rings (SSSR count). The minimum Gasteiger partial charge on any atom is -0.379 e. The predicted octanol–water partition coefficient (Wildman–Crippen LogP) is 1.13. The lowest BCUT2D eigenvalue weighted by Crippen LogP contribution is -2.43. The standard InChI is InChI=1S/C15H19N5O2S/c1-23-15(17-10-16)19-13-5-3-2-4-12(13)14(21)18-11-20-6-8-22-9-7-20/h2-5H,6-9,11H2,1H3,(H,17,19)(H,18,21). The number of amides is 1. The number of nitrogens with zero attached hydrogens (tertiary/aromatic N) is 3. The first-order chi connectivity index (χ1) is 11.2. The summed E-state index contributed by atoms with van der Waals surface area (Å²) < 4.78 is 5.28. The van der Waals surface area contributed by atoms with Crippen molar-refractivity contribution in [3.63, 3.8) is 0 Å². The maximum atomic E-state index is 12.4. The van der Waals surface area contributed by atoms with Gasteiger partial charge < -0.3 is 10.1 Å². The second-order valence-corrected chi connectivity index (χ2v) is 5.56. The van der Waals surface area contributed by atoms with Crippen LogP contribution < -0.4 is 10.6 Å². The lowest BCUT2D eigenvalue weighted by Gasteiger charge is -2.26. The molecule has 122 valence electrons. The smallest absolute Gasteiger partial charge is 0.254 e. The second kappa shape index (κ2) is 9.15. The lowest BCUT2D eigenvalue weighted by atomic mass is 10.1. The summed E-state index contributed by atoms with van der Waals surface area (Å²) in [5.41, 5.74) is 1.01. The molecule has 0 atom stereocenters. The molecule has 0 aromatic heterocycles. The van der Waals surface area contributed by atoms with E-state index >= 15 is 0 Å². The molecule has 1 aliphatic heterocycles. The Morgan fingerprint density at radius 1 is 1.43 bits per heavy atom. The van der Waals surface area contributed by atoms with E-state index in [1.807, 2.05) is 18.5 Å². The Bertz CT molecular complexity index is 608. The van der Waals surface area contributed by atoms with Gasteiger partial charge in [0.2, 0.25) is 0 Å². The van der Waals surface area contributed by atoms with Gasteiger partial charge in [-0.25, -0.2) is 4.99 Å². The quantitative estimate of drug-likeness (QED) is 0.371. The Hall–Kier alpha value is -2.08. The van der Waals surface area contributed by atoms with Gasteiger partial charge in [-0.2, -0.15) is 5.26 Å². The number of rotatable bonds is 4. The average Bonchev–Trinajstić information content (AvgIpc) is 2.60. The van der Waals surface area contributed by atoms with Crippen molar-refractivity contribution in [2.75, 3.05) is 39.2 Å². The van der Waals surface area contributed by atoms with Crippen LogP contribution in [0.15, 0.2) is 29.3 Å². The SMILES string of the molecule is CSC(=Nc1ccccc1C(=O)NCN1CCOCC1)NC#N. The highest BCUT2D eigenvalue weighted by Crippen LogP contribution is 2.20. The number of carbonyl (C=O) groups excluding carboxylic acids is 1. The molecule has 0 bridgehead atoms. The number of hydrogen-bond acceptors (Lipinski definition) is 6. The van der Waals surface area contributed by atoms with Crippen LogP contribution in [0.4, 0.5) is 5.69 Å². The first-order valence-corrected chi connectivity index (χ1v) is 8.42. The van der Waals surface area contributed by atoms with E-state index < -0.39 is 0 Å². The Labute approximate surface area is 139 Å². The number of nitriles is 1. The first-order valence-electron chi connectivity index (χ1n) is 7.19. The minimum atomic E-state index is -0.187. The largest absolute Gasteiger partial charge is 0.379 e. The molecule has 7 nitrogen and oxygen atoms in total. The van der Waals surface area contributed by atoms with Crippen molar-refractivity contribution in [1.82, 2.24) is 15.5 Å². The van der Waals surface area contributed by atoms with Crippen LogP contribution in [-0.4, -0.2) is 55.2 Å². The Balaban J connectivity index is 2.06. The van der Waals surface area contributed by atoms with Crippen LogP contribution in [-0.2, 0) is 4.74 Å². The zero-order valence-corrected chi connectivity index (χ0v) is 13.7. The summed E-state index contributed by atoms with van der Waals surface area (Å²) >= 11 is 1.31. The number of carbonyl (C=O) groups is 1. The number of para-hydroxylation sites is 1. The van der Waals surface area contributed by atoms with E-state index in [9.17, 15) is 4.79 Å². The van der Waals surface area contributed by atoms with Gasteiger partial charge in [-0.15, -0.1) is 0 Å². The molecule has 0 saturated carbocycles. The van der Waals surface area contributed by atoms with Crippen LogP contribution in [0.2, 0.25) is 0 Å². The van der Waals surface area contributed by atoms with Crippen molar-refractivity contribution < 1.29 is 9.53 Å². The van der Waals surface area contributed by atoms with Crippen LogP contribution in [0, 0.1) is 11.5 Å². The van der Waals surface area contributed by atoms with Gasteiger partial charge in [0.05, 0.1) is 31.1 Å². The molecular formula is C15H19N5O2S. The Morgan fingerprint density at radius 2 is 2.17 bits per heavy atom. The fourth-order valence-corrected chi connectivity index (χ4v) is 2.42. The summed E-state index contributed by atoms with van der Waals surface area (Å²) in [6, 6.07) is 7.07. The monoisotopic (exact) mass is 333 g/mol. The second-order valence-electron chi connectivity index (χ2n) is 4.77. The molecule has 1 saturated heterocycles. The van der Waals surface area contributed by atoms with E-state index in [0.717, 1.165) is 13.1 Å². The predicted molar refractivity (Wildman–Crippen MR) is 90.5 cm³/mol. The van der Waals surface area contributed by atoms with Gasteiger partial charge in [0.25, 0.3) is 5.91 Å². The summed E-state index contributed by atoms with van der Waals surface area (Å²) in [5.74, 6) is -0.187. The minimum absolute atomic E-state index is 0.187. The van der Waals surface area contributed by atoms with E-state index in [1.54, 1.807) is 18.2 Å². The number of benzene rings is 1. The molecule has 1 aromatic carbocycles. The number of amidine groups is 1. The third-order valence-corrected chi connectivity index (χ3v) is 3.87. The van der Waals surface area contributed by atoms with Crippen LogP contribution >= 0.6 is 11.8 Å². The van der Waals surface area contributed by atoms with Crippen molar-refractivity contribution in [3.8, 4) is 6.19 Å². The molecule has 1 fully saturated rings. The topological polar surface area (TPSA) is 89.8 Å². The fraction of sp³-hybridized carbons (Fsp3) is 0.400. The van der Waals surface area contributed by atoms with Gasteiger partial charge in [0, 0.05) is 13.1 Å². The molecule has 2 N–H and O–H groups in total. The van der Waals surface area contributed by atoms with Gasteiger partial charge in [-0.05, 0) is 18.4 Å². The molecular weight excluding hydrogens is 314 g/mol. The maximum Gasteiger partial charge on any atom is 0.254 e. The van der Waals surface area contributed by atoms with Crippen molar-refractivity contribution in [2.45, 2.75) is 0 Å². The van der Waals surface area contributed by atoms with Gasteiger partial charge >= 0.3 is 0 Å². The zero-order valence-electron chi connectivity index (χ0n) is 12.9. The maximum absolute atomic E-state index is 12.4. The van der Waals surface area contributed by atoms with E-state index in [2.05, 4.69) is 20.5 Å². The summed E-state index contributed by atoms with van der Waals surface area (Å²) in [6.45, 7) is 3.47. The Morgan fingerprint density at radius 3 is 2.87 bits per heavy atom. The summed E-state index contributed by atoms with van der Waals surface area (Å²) in [5, 5.41) is 14.5. The molecule has 8 heteroatoms. The highest BCUT2D eigenvalue weighted by molar-refractivity contribution is 8.13. The third kappa shape index (κ3) is 5.25. The van der Waals surface area contributed by atoms with Crippen LogP contribution in [0.1, 0.15) is 10.4 Å². The van der Waals surface area contributed by atoms with Gasteiger partial charge in [-0.3, -0.25) is 15.0 Å². The molecule has 1 heterocycles. The molecule has 1 aliphatic rings. The summed E-state index contributed by atoms with van der Waals surface area (Å²) in [7, 11) is 0. The van der Waals surface area contributed by atoms with E-state index in [1.165, 1.54) is 11.8 Å². The normalized spacial score (nSPS) is 15.7. The van der Waals surface area contributed by atoms with Crippen molar-refractivity contribution in [2.24, 2.45) is 4.99 Å². The molecule has 1 aromatic rings. The van der Waals surface area contributed by atoms with Crippen LogP contribution in [0.25, 0.3) is 0 Å². The molecule has 0 radical (unpaired) electrons. The lowest BCUT2D eigenvalue weighted by molar-refractivity contribution is 0.0334. The highest BCUT2D eigenvalue weighted by atomic mass is 32.2. The van der Waals surface area contributed by atoms with Gasteiger partial charge in [-0.1, -0.05) is 23.9 Å². The molecule has 0 unspecified atom stereocenters. The zero-order chi connectivity index (χ0) is 16.5. The van der Waals surface area contributed by atoms with Crippen LogP contribution in [0.5, 0.6) is 0 Å². The molecule has 23 heavy (non-hydrogen) atoms. The number of morpholine rings is 1. The van der Waals surface area contributed by atoms with Crippen molar-refractivity contribution in [3.05, 3.63) is 29.8 Å². The first kappa shape index (κ1) is 17.3. The third-order valence-electron chi connectivity index (χ3n) is 3.29. The Kier molecular flexibility index (Phi) is 6.87. The van der Waals surface area contributed by atoms with Crippen molar-refractivity contribution in [1.29, 1.82) is 5.26 Å². The average molecular weight is 333 g/mol. The summed E-state index contributed by atoms with van der Waals surface area (Å²) in [4.78, 5) is 18.9. The fourth-order valence-electron chi connectivity index (χ4n) is 2.08. The molecule has 1 amide bonds. The summed E-state index contributed by atoms with van der Waals surface area (Å²) in [6.07, 6.45) is 3.64. The van der Waals surface area contributed by atoms with Crippen LogP contribution in [0.3, 0.4) is 0 Å². The van der Waals surface area contributed by atoms with Gasteiger partial charge in [0.1, 0.15) is 0 Å². The van der Waals surface area contributed by atoms with Crippen molar-refractivity contribution >= 4 is 28.5 Å². The van der Waals surface area contributed by atoms with E-state index in [4.69, 9.17) is 10.00 Å². The number of nitrogens with one attached hydrogen (secondary N) is 2. The van der Waals surface area contributed by atoms with E-state index in [-0.39, 0.29) is 5.91 Å². The molecule has 0 aliphatic carbocycles.